The first-order valence-electron chi connectivity index (χ1n) is 7.08. The number of rotatable bonds is 6. The van der Waals surface area contributed by atoms with Crippen LogP contribution in [0.4, 0.5) is 17.5 Å². The summed E-state index contributed by atoms with van der Waals surface area (Å²) >= 11 is 0. The van der Waals surface area contributed by atoms with Crippen LogP contribution < -0.4 is 10.2 Å². The van der Waals surface area contributed by atoms with Crippen molar-refractivity contribution in [3.05, 3.63) is 42.1 Å². The molecule has 0 fully saturated rings. The summed E-state index contributed by atoms with van der Waals surface area (Å²) in [5, 5.41) is 3.25. The number of para-hydroxylation sites is 1. The molecule has 1 N–H and O–H groups in total. The summed E-state index contributed by atoms with van der Waals surface area (Å²) in [7, 11) is 2.07. The van der Waals surface area contributed by atoms with Gasteiger partial charge in [0.2, 0.25) is 5.95 Å². The highest BCUT2D eigenvalue weighted by Gasteiger charge is 2.06. The zero-order chi connectivity index (χ0) is 14.4. The highest BCUT2D eigenvalue weighted by Crippen LogP contribution is 2.17. The van der Waals surface area contributed by atoms with Gasteiger partial charge in [-0.3, -0.25) is 0 Å². The van der Waals surface area contributed by atoms with Crippen LogP contribution in [0.5, 0.6) is 0 Å². The lowest BCUT2D eigenvalue weighted by Gasteiger charge is -2.19. The van der Waals surface area contributed by atoms with Gasteiger partial charge in [-0.1, -0.05) is 31.5 Å². The van der Waals surface area contributed by atoms with Crippen LogP contribution in [0.25, 0.3) is 0 Å². The number of hydrogen-bond donors (Lipinski definition) is 1. The van der Waals surface area contributed by atoms with Gasteiger partial charge in [-0.2, -0.15) is 4.98 Å². The van der Waals surface area contributed by atoms with Crippen molar-refractivity contribution in [2.24, 2.45) is 0 Å². The van der Waals surface area contributed by atoms with Crippen molar-refractivity contribution in [3.63, 3.8) is 0 Å². The van der Waals surface area contributed by atoms with Gasteiger partial charge in [0, 0.05) is 31.0 Å². The Labute approximate surface area is 120 Å². The first kappa shape index (κ1) is 14.3. The summed E-state index contributed by atoms with van der Waals surface area (Å²) in [5.74, 6) is 1.61. The maximum atomic E-state index is 4.59. The van der Waals surface area contributed by atoms with Gasteiger partial charge in [-0.15, -0.1) is 0 Å². The zero-order valence-corrected chi connectivity index (χ0v) is 12.4. The minimum atomic E-state index is 0.648. The molecule has 0 aliphatic carbocycles. The topological polar surface area (TPSA) is 41.1 Å². The predicted octanol–water partition coefficient (Wildman–Crippen LogP) is 3.76. The molecule has 0 aliphatic rings. The van der Waals surface area contributed by atoms with E-state index in [1.54, 1.807) is 0 Å². The summed E-state index contributed by atoms with van der Waals surface area (Å²) in [6.45, 7) is 5.20. The Bertz CT molecular complexity index is 539. The maximum absolute atomic E-state index is 4.59. The molecule has 0 saturated carbocycles. The summed E-state index contributed by atoms with van der Waals surface area (Å²) in [6, 6.07) is 12.0. The molecular weight excluding hydrogens is 248 g/mol. The molecule has 106 valence electrons. The van der Waals surface area contributed by atoms with E-state index >= 15 is 0 Å². The van der Waals surface area contributed by atoms with Crippen molar-refractivity contribution in [3.8, 4) is 0 Å². The minimum Gasteiger partial charge on any atom is -0.360 e. The predicted molar refractivity (Wildman–Crippen MR) is 84.7 cm³/mol. The SMILES string of the molecule is CCCCN(C)c1cc(C)nc(Nc2ccccc2)n1. The molecule has 0 aliphatic heterocycles. The van der Waals surface area contributed by atoms with Crippen molar-refractivity contribution >= 4 is 17.5 Å². The largest absolute Gasteiger partial charge is 0.360 e. The lowest BCUT2D eigenvalue weighted by atomic mass is 10.3. The number of nitrogens with one attached hydrogen (secondary N) is 1. The zero-order valence-electron chi connectivity index (χ0n) is 12.4. The van der Waals surface area contributed by atoms with Crippen LogP contribution >= 0.6 is 0 Å². The quantitative estimate of drug-likeness (QED) is 0.867. The van der Waals surface area contributed by atoms with Crippen LogP contribution in [0, 0.1) is 6.92 Å². The van der Waals surface area contributed by atoms with Gasteiger partial charge in [0.05, 0.1) is 0 Å². The number of aromatic nitrogens is 2. The monoisotopic (exact) mass is 270 g/mol. The van der Waals surface area contributed by atoms with Gasteiger partial charge in [-0.05, 0) is 25.5 Å². The van der Waals surface area contributed by atoms with Crippen LogP contribution in [0.3, 0.4) is 0 Å². The van der Waals surface area contributed by atoms with Crippen LogP contribution in [0.1, 0.15) is 25.5 Å². The Morgan fingerprint density at radius 1 is 1.15 bits per heavy atom. The molecule has 0 radical (unpaired) electrons. The first-order valence-corrected chi connectivity index (χ1v) is 7.08. The highest BCUT2D eigenvalue weighted by molar-refractivity contribution is 5.55. The van der Waals surface area contributed by atoms with Crippen LogP contribution in [-0.4, -0.2) is 23.6 Å². The average Bonchev–Trinajstić information content (AvgIpc) is 2.45. The average molecular weight is 270 g/mol. The number of aryl methyl sites for hydroxylation is 1. The Hall–Kier alpha value is -2.10. The summed E-state index contributed by atoms with van der Waals surface area (Å²) in [4.78, 5) is 11.2. The second kappa shape index (κ2) is 6.89. The van der Waals surface area contributed by atoms with Crippen LogP contribution in [0.15, 0.2) is 36.4 Å². The third kappa shape index (κ3) is 3.95. The molecule has 1 aromatic heterocycles. The van der Waals surface area contributed by atoms with E-state index in [-0.39, 0.29) is 0 Å². The fourth-order valence-corrected chi connectivity index (χ4v) is 1.96. The normalized spacial score (nSPS) is 10.3. The fraction of sp³-hybridized carbons (Fsp3) is 0.375. The second-order valence-corrected chi connectivity index (χ2v) is 4.96. The smallest absolute Gasteiger partial charge is 0.229 e. The molecule has 1 aromatic carbocycles. The van der Waals surface area contributed by atoms with Gasteiger partial charge >= 0.3 is 0 Å². The molecule has 0 unspecified atom stereocenters. The van der Waals surface area contributed by atoms with Gasteiger partial charge < -0.3 is 10.2 Å². The van der Waals surface area contributed by atoms with Gasteiger partial charge in [0.1, 0.15) is 5.82 Å². The number of hydrogen-bond acceptors (Lipinski definition) is 4. The molecule has 0 spiro atoms. The Morgan fingerprint density at radius 2 is 1.90 bits per heavy atom. The van der Waals surface area contributed by atoms with Crippen molar-refractivity contribution in [2.45, 2.75) is 26.7 Å². The molecule has 1 heterocycles. The van der Waals surface area contributed by atoms with E-state index in [0.29, 0.717) is 5.95 Å². The molecule has 0 bridgehead atoms. The maximum Gasteiger partial charge on any atom is 0.229 e. The van der Waals surface area contributed by atoms with Crippen LogP contribution in [0.2, 0.25) is 0 Å². The standard InChI is InChI=1S/C16H22N4/c1-4-5-11-20(3)15-12-13(2)17-16(19-15)18-14-9-7-6-8-10-14/h6-10,12H,4-5,11H2,1-3H3,(H,17,18,19). The Morgan fingerprint density at radius 3 is 2.60 bits per heavy atom. The molecule has 4 nitrogen and oxygen atoms in total. The molecule has 0 atom stereocenters. The number of unbranched alkanes of at least 4 members (excludes halogenated alkanes) is 1. The van der Waals surface area contributed by atoms with Gasteiger partial charge in [0.25, 0.3) is 0 Å². The third-order valence-electron chi connectivity index (χ3n) is 3.11. The van der Waals surface area contributed by atoms with Crippen molar-refractivity contribution in [1.82, 2.24) is 9.97 Å². The summed E-state index contributed by atoms with van der Waals surface area (Å²) in [6.07, 6.45) is 2.35. The molecular formula is C16H22N4. The first-order chi connectivity index (χ1) is 9.69. The lowest BCUT2D eigenvalue weighted by Crippen LogP contribution is -2.20. The van der Waals surface area contributed by atoms with E-state index in [0.717, 1.165) is 23.7 Å². The van der Waals surface area contributed by atoms with E-state index in [9.17, 15) is 0 Å². The van der Waals surface area contributed by atoms with Crippen molar-refractivity contribution in [2.75, 3.05) is 23.8 Å². The van der Waals surface area contributed by atoms with E-state index < -0.39 is 0 Å². The molecule has 0 amide bonds. The van der Waals surface area contributed by atoms with Crippen LogP contribution in [-0.2, 0) is 0 Å². The van der Waals surface area contributed by atoms with Crippen molar-refractivity contribution < 1.29 is 0 Å². The van der Waals surface area contributed by atoms with Crippen molar-refractivity contribution in [1.29, 1.82) is 0 Å². The fourth-order valence-electron chi connectivity index (χ4n) is 1.96. The lowest BCUT2D eigenvalue weighted by molar-refractivity contribution is 0.758. The number of nitrogens with zero attached hydrogens (tertiary/aromatic N) is 3. The highest BCUT2D eigenvalue weighted by atomic mass is 15.2. The number of anilines is 3. The number of benzene rings is 1. The molecule has 4 heteroatoms. The Balaban J connectivity index is 2.16. The minimum absolute atomic E-state index is 0.648. The molecule has 20 heavy (non-hydrogen) atoms. The second-order valence-electron chi connectivity index (χ2n) is 4.96. The molecule has 2 rings (SSSR count). The summed E-state index contributed by atoms with van der Waals surface area (Å²) in [5.41, 5.74) is 1.97. The van der Waals surface area contributed by atoms with Gasteiger partial charge in [0.15, 0.2) is 0 Å². The Kier molecular flexibility index (Phi) is 4.93. The van der Waals surface area contributed by atoms with E-state index in [1.165, 1.54) is 12.8 Å². The van der Waals surface area contributed by atoms with E-state index in [2.05, 4.69) is 34.2 Å². The van der Waals surface area contributed by atoms with E-state index in [1.807, 2.05) is 43.3 Å². The molecule has 0 saturated heterocycles. The summed E-state index contributed by atoms with van der Waals surface area (Å²) < 4.78 is 0. The molecule has 2 aromatic rings. The third-order valence-corrected chi connectivity index (χ3v) is 3.11. The van der Waals surface area contributed by atoms with Gasteiger partial charge in [-0.25, -0.2) is 4.98 Å². The van der Waals surface area contributed by atoms with E-state index in [4.69, 9.17) is 0 Å².